The fourth-order valence-corrected chi connectivity index (χ4v) is 3.45. The number of nitrogens with zero attached hydrogens (tertiary/aromatic N) is 2. The van der Waals surface area contributed by atoms with E-state index in [1.54, 1.807) is 0 Å². The van der Waals surface area contributed by atoms with E-state index in [0.29, 0.717) is 18.7 Å². The van der Waals surface area contributed by atoms with Crippen molar-refractivity contribution in [1.82, 2.24) is 0 Å². The highest BCUT2D eigenvalue weighted by atomic mass is 16.5. The number of hydrogen-bond acceptors (Lipinski definition) is 3. The summed E-state index contributed by atoms with van der Waals surface area (Å²) in [6.45, 7) is 0. The summed E-state index contributed by atoms with van der Waals surface area (Å²) in [4.78, 5) is 4.76. The second-order valence-corrected chi connectivity index (χ2v) is 6.25. The van der Waals surface area contributed by atoms with Gasteiger partial charge in [-0.3, -0.25) is 0 Å². The summed E-state index contributed by atoms with van der Waals surface area (Å²) >= 11 is 0. The van der Waals surface area contributed by atoms with Crippen molar-refractivity contribution in [3.63, 3.8) is 0 Å². The summed E-state index contributed by atoms with van der Waals surface area (Å²) in [7, 11) is 0. The average molecular weight is 338 g/mol. The molecule has 0 saturated carbocycles. The van der Waals surface area contributed by atoms with Gasteiger partial charge < -0.3 is 4.74 Å². The lowest BCUT2D eigenvalue weighted by molar-refractivity contribution is 0.0851. The first-order valence-electron chi connectivity index (χ1n) is 8.68. The molecule has 0 bridgehead atoms. The van der Waals surface area contributed by atoms with Crippen molar-refractivity contribution in [3.05, 3.63) is 102 Å². The van der Waals surface area contributed by atoms with Crippen molar-refractivity contribution < 1.29 is 4.74 Å². The van der Waals surface area contributed by atoms with Crippen LogP contribution >= 0.6 is 0 Å². The normalized spacial score (nSPS) is 18.2. The second kappa shape index (κ2) is 6.85. The third-order valence-corrected chi connectivity index (χ3v) is 4.68. The minimum atomic E-state index is -0.722. The van der Waals surface area contributed by atoms with E-state index in [1.165, 1.54) is 0 Å². The number of para-hydroxylation sites is 1. The zero-order chi connectivity index (χ0) is 17.8. The molecular weight excluding hydrogens is 320 g/mol. The Morgan fingerprint density at radius 2 is 1.50 bits per heavy atom. The Morgan fingerprint density at radius 3 is 2.23 bits per heavy atom. The Bertz CT molecular complexity index is 974. The first kappa shape index (κ1) is 16.1. The Labute approximate surface area is 153 Å². The lowest BCUT2D eigenvalue weighted by Gasteiger charge is -2.39. The van der Waals surface area contributed by atoms with Gasteiger partial charge in [0.2, 0.25) is 5.90 Å². The molecule has 1 aliphatic rings. The molecule has 4 rings (SSSR count). The first-order valence-corrected chi connectivity index (χ1v) is 8.68. The van der Waals surface area contributed by atoms with Gasteiger partial charge in [-0.05, 0) is 18.2 Å². The Balaban J connectivity index is 1.93. The predicted octanol–water partition coefficient (Wildman–Crippen LogP) is 5.34. The SMILES string of the molecule is N#CCCC1(c2ccccc2)OC(c2ccccc2)=Nc2ccccc21. The number of benzene rings is 3. The molecule has 26 heavy (non-hydrogen) atoms. The van der Waals surface area contributed by atoms with E-state index < -0.39 is 5.60 Å². The average Bonchev–Trinajstić information content (AvgIpc) is 2.73. The van der Waals surface area contributed by atoms with E-state index in [9.17, 15) is 5.26 Å². The maximum absolute atomic E-state index is 9.25. The maximum Gasteiger partial charge on any atom is 0.222 e. The first-order chi connectivity index (χ1) is 12.8. The van der Waals surface area contributed by atoms with Crippen molar-refractivity contribution in [1.29, 1.82) is 5.26 Å². The van der Waals surface area contributed by atoms with Gasteiger partial charge in [0.1, 0.15) is 0 Å². The molecule has 3 nitrogen and oxygen atoms in total. The molecule has 3 heteroatoms. The molecule has 0 amide bonds. The van der Waals surface area contributed by atoms with Crippen LogP contribution in [0, 0.1) is 11.3 Å². The van der Waals surface area contributed by atoms with Crippen LogP contribution in [0.5, 0.6) is 0 Å². The number of aliphatic imine (C=N–C) groups is 1. The molecule has 0 aromatic heterocycles. The Morgan fingerprint density at radius 1 is 0.846 bits per heavy atom. The van der Waals surface area contributed by atoms with Gasteiger partial charge in [0, 0.05) is 29.5 Å². The highest BCUT2D eigenvalue weighted by Crippen LogP contribution is 2.46. The minimum Gasteiger partial charge on any atom is -0.461 e. The Hall–Kier alpha value is -3.38. The number of hydrogen-bond donors (Lipinski definition) is 0. The molecule has 1 aliphatic heterocycles. The van der Waals surface area contributed by atoms with Gasteiger partial charge in [0.05, 0.1) is 11.8 Å². The largest absolute Gasteiger partial charge is 0.461 e. The molecule has 0 saturated heterocycles. The van der Waals surface area contributed by atoms with Crippen LogP contribution in [0.1, 0.15) is 29.5 Å². The molecule has 0 aliphatic carbocycles. The Kier molecular flexibility index (Phi) is 4.25. The van der Waals surface area contributed by atoms with Crippen LogP contribution in [0.25, 0.3) is 0 Å². The fraction of sp³-hybridized carbons (Fsp3) is 0.130. The molecule has 3 aromatic rings. The van der Waals surface area contributed by atoms with Crippen LogP contribution in [0.4, 0.5) is 5.69 Å². The monoisotopic (exact) mass is 338 g/mol. The molecule has 126 valence electrons. The summed E-state index contributed by atoms with van der Waals surface area (Å²) in [5.41, 5.74) is 3.13. The fourth-order valence-electron chi connectivity index (χ4n) is 3.45. The van der Waals surface area contributed by atoms with Gasteiger partial charge in [-0.1, -0.05) is 66.7 Å². The minimum absolute atomic E-state index is 0.394. The van der Waals surface area contributed by atoms with Crippen LogP contribution in [-0.2, 0) is 10.3 Å². The van der Waals surface area contributed by atoms with Gasteiger partial charge in [0.25, 0.3) is 0 Å². The van der Waals surface area contributed by atoms with E-state index in [0.717, 1.165) is 22.4 Å². The highest BCUT2D eigenvalue weighted by Gasteiger charge is 2.42. The predicted molar refractivity (Wildman–Crippen MR) is 102 cm³/mol. The van der Waals surface area contributed by atoms with Crippen molar-refractivity contribution in [3.8, 4) is 6.07 Å². The number of fused-ring (bicyclic) bond motifs is 1. The number of rotatable bonds is 4. The zero-order valence-corrected chi connectivity index (χ0v) is 14.3. The summed E-state index contributed by atoms with van der Waals surface area (Å²) in [6, 6.07) is 30.3. The van der Waals surface area contributed by atoms with E-state index >= 15 is 0 Å². The molecule has 0 radical (unpaired) electrons. The standard InChI is InChI=1S/C23H18N2O/c24-17-9-16-23(19-12-5-2-6-13-19)20-14-7-8-15-21(20)25-22(26-23)18-10-3-1-4-11-18/h1-8,10-15H,9,16H2. The zero-order valence-electron chi connectivity index (χ0n) is 14.3. The number of nitriles is 1. The molecule has 0 fully saturated rings. The number of ether oxygens (including phenoxy) is 1. The molecule has 0 spiro atoms. The van der Waals surface area contributed by atoms with Gasteiger partial charge >= 0.3 is 0 Å². The third kappa shape index (κ3) is 2.76. The molecule has 3 aromatic carbocycles. The van der Waals surface area contributed by atoms with E-state index in [1.807, 2.05) is 72.8 Å². The lowest BCUT2D eigenvalue weighted by Crippen LogP contribution is -2.36. The van der Waals surface area contributed by atoms with Gasteiger partial charge in [-0.25, -0.2) is 4.99 Å². The quantitative estimate of drug-likeness (QED) is 0.644. The van der Waals surface area contributed by atoms with Crippen LogP contribution in [0.15, 0.2) is 89.9 Å². The smallest absolute Gasteiger partial charge is 0.222 e. The van der Waals surface area contributed by atoms with Gasteiger partial charge in [-0.15, -0.1) is 0 Å². The van der Waals surface area contributed by atoms with E-state index in [-0.39, 0.29) is 0 Å². The maximum atomic E-state index is 9.25. The van der Waals surface area contributed by atoms with Crippen LogP contribution in [0.2, 0.25) is 0 Å². The summed E-state index contributed by atoms with van der Waals surface area (Å²) in [5, 5.41) is 9.25. The van der Waals surface area contributed by atoms with Crippen LogP contribution < -0.4 is 0 Å². The molecule has 1 atom stereocenters. The highest BCUT2D eigenvalue weighted by molar-refractivity contribution is 5.97. The topological polar surface area (TPSA) is 45.4 Å². The molecule has 1 heterocycles. The van der Waals surface area contributed by atoms with E-state index in [2.05, 4.69) is 18.2 Å². The van der Waals surface area contributed by atoms with Crippen LogP contribution in [-0.4, -0.2) is 5.90 Å². The van der Waals surface area contributed by atoms with Crippen molar-refractivity contribution in [2.45, 2.75) is 18.4 Å². The third-order valence-electron chi connectivity index (χ3n) is 4.68. The summed E-state index contributed by atoms with van der Waals surface area (Å²) < 4.78 is 6.57. The van der Waals surface area contributed by atoms with Gasteiger partial charge in [0.15, 0.2) is 5.60 Å². The van der Waals surface area contributed by atoms with Crippen molar-refractivity contribution >= 4 is 11.6 Å². The summed E-state index contributed by atoms with van der Waals surface area (Å²) in [6.07, 6.45) is 0.960. The molecule has 0 N–H and O–H groups in total. The molecule has 1 unspecified atom stereocenters. The summed E-state index contributed by atoms with van der Waals surface area (Å²) in [5.74, 6) is 0.589. The lowest BCUT2D eigenvalue weighted by atomic mass is 9.80. The van der Waals surface area contributed by atoms with Crippen LogP contribution in [0.3, 0.4) is 0 Å². The van der Waals surface area contributed by atoms with Gasteiger partial charge in [-0.2, -0.15) is 5.26 Å². The van der Waals surface area contributed by atoms with Crippen molar-refractivity contribution in [2.75, 3.05) is 0 Å². The van der Waals surface area contributed by atoms with Crippen molar-refractivity contribution in [2.24, 2.45) is 4.99 Å². The second-order valence-electron chi connectivity index (χ2n) is 6.25. The van der Waals surface area contributed by atoms with E-state index in [4.69, 9.17) is 9.73 Å². The molecular formula is C23H18N2O.